The highest BCUT2D eigenvalue weighted by Crippen LogP contribution is 2.22. The van der Waals surface area contributed by atoms with Crippen molar-refractivity contribution in [1.82, 2.24) is 4.90 Å². The second-order valence-corrected chi connectivity index (χ2v) is 5.75. The molecule has 20 heavy (non-hydrogen) atoms. The van der Waals surface area contributed by atoms with Crippen LogP contribution in [-0.4, -0.2) is 30.9 Å². The van der Waals surface area contributed by atoms with Crippen LogP contribution < -0.4 is 5.32 Å². The van der Waals surface area contributed by atoms with Gasteiger partial charge in [0.15, 0.2) is 0 Å². The number of benzene rings is 1. The third-order valence-corrected chi connectivity index (χ3v) is 3.64. The topological polar surface area (TPSA) is 32.3 Å². The Kier molecular flexibility index (Phi) is 6.86. The van der Waals surface area contributed by atoms with Crippen LogP contribution in [0.2, 0.25) is 5.02 Å². The lowest BCUT2D eigenvalue weighted by atomic mass is 10.1. The van der Waals surface area contributed by atoms with E-state index in [1.54, 1.807) is 11.0 Å². The molecule has 1 amide bonds. The summed E-state index contributed by atoms with van der Waals surface area (Å²) >= 11 is 6.03. The summed E-state index contributed by atoms with van der Waals surface area (Å²) in [6.07, 6.45) is 2.08. The molecule has 4 heteroatoms. The number of carbonyl (C=O) groups is 1. The van der Waals surface area contributed by atoms with Gasteiger partial charge in [-0.05, 0) is 30.5 Å². The lowest BCUT2D eigenvalue weighted by molar-refractivity contribution is 0.0776. The summed E-state index contributed by atoms with van der Waals surface area (Å²) in [4.78, 5) is 14.3. The smallest absolute Gasteiger partial charge is 0.255 e. The fourth-order valence-corrected chi connectivity index (χ4v) is 2.16. The molecule has 0 aliphatic heterocycles. The Bertz CT molecular complexity index is 448. The van der Waals surface area contributed by atoms with Crippen LogP contribution in [0.1, 0.15) is 44.0 Å². The number of carbonyl (C=O) groups excluding carboxylic acids is 1. The number of halogens is 1. The van der Waals surface area contributed by atoms with E-state index in [0.717, 1.165) is 31.6 Å². The van der Waals surface area contributed by atoms with E-state index in [1.807, 2.05) is 19.2 Å². The Morgan fingerprint density at radius 1 is 1.40 bits per heavy atom. The van der Waals surface area contributed by atoms with Crippen molar-refractivity contribution in [3.63, 3.8) is 0 Å². The van der Waals surface area contributed by atoms with E-state index in [-0.39, 0.29) is 5.91 Å². The van der Waals surface area contributed by atoms with E-state index in [0.29, 0.717) is 16.5 Å². The zero-order valence-electron chi connectivity index (χ0n) is 12.9. The Morgan fingerprint density at radius 3 is 2.70 bits per heavy atom. The van der Waals surface area contributed by atoms with Crippen LogP contribution >= 0.6 is 11.6 Å². The third kappa shape index (κ3) is 4.71. The molecule has 0 aromatic heterocycles. The van der Waals surface area contributed by atoms with Crippen molar-refractivity contribution < 1.29 is 4.79 Å². The van der Waals surface area contributed by atoms with Gasteiger partial charge >= 0.3 is 0 Å². The average Bonchev–Trinajstić information content (AvgIpc) is 2.44. The van der Waals surface area contributed by atoms with Gasteiger partial charge in [-0.15, -0.1) is 0 Å². The van der Waals surface area contributed by atoms with Crippen molar-refractivity contribution in [1.29, 1.82) is 0 Å². The quantitative estimate of drug-likeness (QED) is 0.814. The van der Waals surface area contributed by atoms with Crippen molar-refractivity contribution in [2.75, 3.05) is 25.5 Å². The van der Waals surface area contributed by atoms with Crippen LogP contribution in [0.15, 0.2) is 18.2 Å². The molecule has 1 aromatic carbocycles. The summed E-state index contributed by atoms with van der Waals surface area (Å²) in [5.41, 5.74) is 1.51. The van der Waals surface area contributed by atoms with E-state index in [1.165, 1.54) is 0 Å². The van der Waals surface area contributed by atoms with Crippen LogP contribution in [0.3, 0.4) is 0 Å². The number of nitrogens with one attached hydrogen (secondary N) is 1. The van der Waals surface area contributed by atoms with Crippen molar-refractivity contribution in [2.45, 2.75) is 33.6 Å². The number of hydrogen-bond donors (Lipinski definition) is 1. The van der Waals surface area contributed by atoms with Crippen LogP contribution in [-0.2, 0) is 0 Å². The number of nitrogens with zero attached hydrogens (tertiary/aromatic N) is 1. The first-order chi connectivity index (χ1) is 9.49. The predicted octanol–water partition coefficient (Wildman–Crippen LogP) is 4.28. The minimum Gasteiger partial charge on any atom is -0.384 e. The molecular weight excluding hydrogens is 272 g/mol. The van der Waals surface area contributed by atoms with Gasteiger partial charge < -0.3 is 10.2 Å². The first-order valence-corrected chi connectivity index (χ1v) is 7.66. The molecule has 3 nitrogen and oxygen atoms in total. The molecule has 0 spiro atoms. The average molecular weight is 297 g/mol. The molecule has 1 aromatic rings. The molecule has 0 bridgehead atoms. The lowest BCUT2D eigenvalue weighted by Gasteiger charge is -2.22. The highest BCUT2D eigenvalue weighted by atomic mass is 35.5. The molecule has 0 radical (unpaired) electrons. The molecule has 0 saturated carbocycles. The third-order valence-electron chi connectivity index (χ3n) is 3.41. The minimum absolute atomic E-state index is 0.0198. The van der Waals surface area contributed by atoms with Crippen LogP contribution in [0.4, 0.5) is 5.69 Å². The van der Waals surface area contributed by atoms with E-state index in [9.17, 15) is 4.79 Å². The molecule has 1 rings (SSSR count). The zero-order chi connectivity index (χ0) is 15.1. The molecular formula is C16H25ClN2O. The molecule has 1 unspecified atom stereocenters. The normalized spacial score (nSPS) is 12.1. The first kappa shape index (κ1) is 16.8. The summed E-state index contributed by atoms with van der Waals surface area (Å²) in [6.45, 7) is 7.99. The maximum atomic E-state index is 12.6. The lowest BCUT2D eigenvalue weighted by Crippen LogP contribution is -2.31. The number of anilines is 1. The highest BCUT2D eigenvalue weighted by molar-refractivity contribution is 6.31. The molecule has 0 aliphatic carbocycles. The summed E-state index contributed by atoms with van der Waals surface area (Å²) in [5, 5.41) is 3.88. The fraction of sp³-hybridized carbons (Fsp3) is 0.562. The first-order valence-electron chi connectivity index (χ1n) is 7.28. The summed E-state index contributed by atoms with van der Waals surface area (Å²) in [6, 6.07) is 5.43. The maximum Gasteiger partial charge on any atom is 0.255 e. The van der Waals surface area contributed by atoms with Crippen molar-refractivity contribution >= 4 is 23.2 Å². The number of hydrogen-bond acceptors (Lipinski definition) is 2. The monoisotopic (exact) mass is 296 g/mol. The van der Waals surface area contributed by atoms with Gasteiger partial charge in [-0.25, -0.2) is 0 Å². The molecule has 0 fully saturated rings. The van der Waals surface area contributed by atoms with Gasteiger partial charge in [-0.3, -0.25) is 4.79 Å². The van der Waals surface area contributed by atoms with Crippen molar-refractivity contribution in [3.05, 3.63) is 28.8 Å². The van der Waals surface area contributed by atoms with Gasteiger partial charge in [0.1, 0.15) is 0 Å². The Morgan fingerprint density at radius 2 is 2.10 bits per heavy atom. The maximum absolute atomic E-state index is 12.6. The van der Waals surface area contributed by atoms with Gasteiger partial charge in [0.25, 0.3) is 5.91 Å². The second-order valence-electron chi connectivity index (χ2n) is 5.32. The van der Waals surface area contributed by atoms with Crippen LogP contribution in [0.25, 0.3) is 0 Å². The number of amides is 1. The summed E-state index contributed by atoms with van der Waals surface area (Å²) in [7, 11) is 1.85. The molecule has 1 atom stereocenters. The Labute approximate surface area is 127 Å². The SMILES string of the molecule is CCCNc1ccc(Cl)cc1C(=O)N(C)CC(C)CC. The predicted molar refractivity (Wildman–Crippen MR) is 86.6 cm³/mol. The summed E-state index contributed by atoms with van der Waals surface area (Å²) in [5.74, 6) is 0.515. The molecule has 0 heterocycles. The van der Waals surface area contributed by atoms with E-state index >= 15 is 0 Å². The van der Waals surface area contributed by atoms with E-state index in [2.05, 4.69) is 26.1 Å². The van der Waals surface area contributed by atoms with Gasteiger partial charge in [-0.1, -0.05) is 38.8 Å². The van der Waals surface area contributed by atoms with Gasteiger partial charge in [0, 0.05) is 30.8 Å². The Hall–Kier alpha value is -1.22. The highest BCUT2D eigenvalue weighted by Gasteiger charge is 2.17. The van der Waals surface area contributed by atoms with Crippen LogP contribution in [0.5, 0.6) is 0 Å². The van der Waals surface area contributed by atoms with E-state index in [4.69, 9.17) is 11.6 Å². The zero-order valence-corrected chi connectivity index (χ0v) is 13.6. The van der Waals surface area contributed by atoms with Crippen molar-refractivity contribution in [2.24, 2.45) is 5.92 Å². The van der Waals surface area contributed by atoms with Crippen LogP contribution in [0, 0.1) is 5.92 Å². The largest absolute Gasteiger partial charge is 0.384 e. The standard InChI is InChI=1S/C16H25ClN2O/c1-5-9-18-15-8-7-13(17)10-14(15)16(20)19(4)11-12(3)6-2/h7-8,10,12,18H,5-6,9,11H2,1-4H3. The van der Waals surface area contributed by atoms with E-state index < -0.39 is 0 Å². The molecule has 0 saturated heterocycles. The molecule has 1 N–H and O–H groups in total. The van der Waals surface area contributed by atoms with Crippen molar-refractivity contribution in [3.8, 4) is 0 Å². The molecule has 112 valence electrons. The van der Waals surface area contributed by atoms with Gasteiger partial charge in [0.05, 0.1) is 5.56 Å². The molecule has 0 aliphatic rings. The second kappa shape index (κ2) is 8.15. The summed E-state index contributed by atoms with van der Waals surface area (Å²) < 4.78 is 0. The fourth-order valence-electron chi connectivity index (χ4n) is 1.99. The van der Waals surface area contributed by atoms with Gasteiger partial charge in [0.2, 0.25) is 0 Å². The number of rotatable bonds is 7. The minimum atomic E-state index is 0.0198. The van der Waals surface area contributed by atoms with Gasteiger partial charge in [-0.2, -0.15) is 0 Å². The Balaban J connectivity index is 2.92.